The van der Waals surface area contributed by atoms with Crippen LogP contribution in [0.25, 0.3) is 0 Å². The molecule has 2 rings (SSSR count). The quantitative estimate of drug-likeness (QED) is 0.850. The zero-order valence-corrected chi connectivity index (χ0v) is 13.4. The molecule has 0 bridgehead atoms. The topological polar surface area (TPSA) is 49.4 Å². The maximum Gasteiger partial charge on any atom is 0.147 e. The Morgan fingerprint density at radius 3 is 2.42 bits per heavy atom. The molecule has 2 aliphatic rings. The SMILES string of the molecule is CC1(C)CN(CCCS(C)(=O)=O)C2(CCCC2)CN1. The summed E-state index contributed by atoms with van der Waals surface area (Å²) in [5, 5.41) is 3.67. The second kappa shape index (κ2) is 5.34. The largest absolute Gasteiger partial charge is 0.309 e. The molecule has 5 heteroatoms. The zero-order valence-electron chi connectivity index (χ0n) is 12.5. The van der Waals surface area contributed by atoms with Crippen LogP contribution in [0.1, 0.15) is 46.0 Å². The smallest absolute Gasteiger partial charge is 0.147 e. The molecule has 0 unspecified atom stereocenters. The van der Waals surface area contributed by atoms with E-state index in [0.717, 1.165) is 26.1 Å². The minimum Gasteiger partial charge on any atom is -0.309 e. The Bertz CT molecular complexity index is 411. The molecule has 0 amide bonds. The van der Waals surface area contributed by atoms with Crippen LogP contribution in [0.3, 0.4) is 0 Å². The highest BCUT2D eigenvalue weighted by molar-refractivity contribution is 7.90. The van der Waals surface area contributed by atoms with E-state index in [9.17, 15) is 8.42 Å². The lowest BCUT2D eigenvalue weighted by atomic mass is 9.87. The van der Waals surface area contributed by atoms with Crippen LogP contribution in [-0.4, -0.2) is 56.0 Å². The van der Waals surface area contributed by atoms with Gasteiger partial charge in [0.25, 0.3) is 0 Å². The van der Waals surface area contributed by atoms with E-state index in [1.165, 1.54) is 31.9 Å². The van der Waals surface area contributed by atoms with Gasteiger partial charge >= 0.3 is 0 Å². The van der Waals surface area contributed by atoms with Crippen molar-refractivity contribution in [1.29, 1.82) is 0 Å². The van der Waals surface area contributed by atoms with Crippen LogP contribution in [0.5, 0.6) is 0 Å². The number of nitrogens with one attached hydrogen (secondary N) is 1. The van der Waals surface area contributed by atoms with Crippen molar-refractivity contribution >= 4 is 9.84 Å². The first-order valence-electron chi connectivity index (χ1n) is 7.40. The average molecular weight is 288 g/mol. The molecule has 0 atom stereocenters. The van der Waals surface area contributed by atoms with Gasteiger partial charge in [-0.15, -0.1) is 0 Å². The maximum atomic E-state index is 11.3. The molecule has 2 fully saturated rings. The fourth-order valence-electron chi connectivity index (χ4n) is 3.58. The Morgan fingerprint density at radius 2 is 1.84 bits per heavy atom. The molecule has 0 aromatic rings. The van der Waals surface area contributed by atoms with Gasteiger partial charge in [0, 0.05) is 30.4 Å². The minimum atomic E-state index is -2.83. The van der Waals surface area contributed by atoms with Crippen LogP contribution in [0.4, 0.5) is 0 Å². The summed E-state index contributed by atoms with van der Waals surface area (Å²) in [6.07, 6.45) is 7.23. The van der Waals surface area contributed by atoms with Gasteiger partial charge in [0.1, 0.15) is 9.84 Å². The van der Waals surface area contributed by atoms with Crippen LogP contribution >= 0.6 is 0 Å². The Kier molecular flexibility index (Phi) is 4.29. The highest BCUT2D eigenvalue weighted by Crippen LogP contribution is 2.38. The van der Waals surface area contributed by atoms with Gasteiger partial charge in [-0.3, -0.25) is 4.90 Å². The molecule has 1 heterocycles. The van der Waals surface area contributed by atoms with E-state index in [-0.39, 0.29) is 5.54 Å². The van der Waals surface area contributed by atoms with Crippen LogP contribution in [-0.2, 0) is 9.84 Å². The Labute approximate surface area is 117 Å². The summed E-state index contributed by atoms with van der Waals surface area (Å²) in [7, 11) is -2.83. The molecular formula is C14H28N2O2S. The number of hydrogen-bond acceptors (Lipinski definition) is 4. The standard InChI is InChI=1S/C14H28N2O2S/c1-13(2)12-16(9-6-10-19(3,17)18)14(11-15-13)7-4-5-8-14/h15H,4-12H2,1-3H3. The molecule has 1 aliphatic carbocycles. The first-order chi connectivity index (χ1) is 8.73. The summed E-state index contributed by atoms with van der Waals surface area (Å²) < 4.78 is 22.6. The first kappa shape index (κ1) is 15.3. The summed E-state index contributed by atoms with van der Waals surface area (Å²) in [6, 6.07) is 0. The van der Waals surface area contributed by atoms with E-state index in [4.69, 9.17) is 0 Å². The third-order valence-electron chi connectivity index (χ3n) is 4.63. The predicted molar refractivity (Wildman–Crippen MR) is 79.2 cm³/mol. The number of sulfone groups is 1. The summed E-state index contributed by atoms with van der Waals surface area (Å²) >= 11 is 0. The van der Waals surface area contributed by atoms with Crippen molar-refractivity contribution in [2.45, 2.75) is 57.0 Å². The zero-order chi connectivity index (χ0) is 14.1. The van der Waals surface area contributed by atoms with Crippen molar-refractivity contribution in [2.75, 3.05) is 31.6 Å². The Morgan fingerprint density at radius 1 is 1.21 bits per heavy atom. The molecule has 0 aromatic carbocycles. The van der Waals surface area contributed by atoms with Gasteiger partial charge in [-0.1, -0.05) is 12.8 Å². The molecular weight excluding hydrogens is 260 g/mol. The molecule has 112 valence electrons. The summed E-state index contributed by atoms with van der Waals surface area (Å²) in [4.78, 5) is 2.57. The van der Waals surface area contributed by atoms with E-state index in [1.807, 2.05) is 0 Å². The number of hydrogen-bond donors (Lipinski definition) is 1. The molecule has 1 saturated heterocycles. The van der Waals surface area contributed by atoms with Crippen molar-refractivity contribution in [3.8, 4) is 0 Å². The lowest BCUT2D eigenvalue weighted by Gasteiger charge is -2.51. The Balaban J connectivity index is 2.00. The van der Waals surface area contributed by atoms with Gasteiger partial charge in [0.2, 0.25) is 0 Å². The first-order valence-corrected chi connectivity index (χ1v) is 9.46. The van der Waals surface area contributed by atoms with E-state index < -0.39 is 9.84 Å². The van der Waals surface area contributed by atoms with Crippen molar-refractivity contribution in [3.05, 3.63) is 0 Å². The lowest BCUT2D eigenvalue weighted by molar-refractivity contribution is 0.0193. The van der Waals surface area contributed by atoms with E-state index in [0.29, 0.717) is 11.3 Å². The second-order valence-electron chi connectivity index (χ2n) is 7.07. The van der Waals surface area contributed by atoms with Gasteiger partial charge in [-0.05, 0) is 39.7 Å². The molecule has 1 saturated carbocycles. The van der Waals surface area contributed by atoms with Crippen molar-refractivity contribution in [3.63, 3.8) is 0 Å². The van der Waals surface area contributed by atoms with E-state index >= 15 is 0 Å². The highest BCUT2D eigenvalue weighted by atomic mass is 32.2. The van der Waals surface area contributed by atoms with Gasteiger partial charge < -0.3 is 5.32 Å². The van der Waals surface area contributed by atoms with Gasteiger partial charge in [-0.2, -0.15) is 0 Å². The lowest BCUT2D eigenvalue weighted by Crippen LogP contribution is -2.67. The minimum absolute atomic E-state index is 0.138. The third kappa shape index (κ3) is 3.92. The molecule has 1 aliphatic heterocycles. The summed E-state index contributed by atoms with van der Waals surface area (Å²) in [5.41, 5.74) is 0.436. The van der Waals surface area contributed by atoms with Crippen LogP contribution in [0, 0.1) is 0 Å². The van der Waals surface area contributed by atoms with Crippen molar-refractivity contribution in [1.82, 2.24) is 10.2 Å². The van der Waals surface area contributed by atoms with Crippen molar-refractivity contribution in [2.24, 2.45) is 0 Å². The summed E-state index contributed by atoms with van der Waals surface area (Å²) in [6.45, 7) is 7.46. The fraction of sp³-hybridized carbons (Fsp3) is 1.00. The number of nitrogens with zero attached hydrogens (tertiary/aromatic N) is 1. The van der Waals surface area contributed by atoms with E-state index in [1.54, 1.807) is 0 Å². The molecule has 1 N–H and O–H groups in total. The molecule has 0 radical (unpaired) electrons. The van der Waals surface area contributed by atoms with Crippen LogP contribution in [0.2, 0.25) is 0 Å². The van der Waals surface area contributed by atoms with Gasteiger partial charge in [-0.25, -0.2) is 8.42 Å². The van der Waals surface area contributed by atoms with Gasteiger partial charge in [0.15, 0.2) is 0 Å². The maximum absolute atomic E-state index is 11.3. The highest BCUT2D eigenvalue weighted by Gasteiger charge is 2.45. The molecule has 0 aromatic heterocycles. The average Bonchev–Trinajstić information content (AvgIpc) is 2.71. The van der Waals surface area contributed by atoms with Gasteiger partial charge in [0.05, 0.1) is 5.75 Å². The van der Waals surface area contributed by atoms with Crippen LogP contribution < -0.4 is 5.32 Å². The third-order valence-corrected chi connectivity index (χ3v) is 5.66. The summed E-state index contributed by atoms with van der Waals surface area (Å²) in [5.74, 6) is 0.313. The second-order valence-corrected chi connectivity index (χ2v) is 9.33. The predicted octanol–water partition coefficient (Wildman–Crippen LogP) is 1.42. The molecule has 1 spiro atoms. The van der Waals surface area contributed by atoms with Crippen molar-refractivity contribution < 1.29 is 8.42 Å². The normalized spacial score (nSPS) is 26.9. The number of piperazine rings is 1. The monoisotopic (exact) mass is 288 g/mol. The number of rotatable bonds is 4. The fourth-order valence-corrected chi connectivity index (χ4v) is 4.23. The van der Waals surface area contributed by atoms with Crippen LogP contribution in [0.15, 0.2) is 0 Å². The molecule has 4 nitrogen and oxygen atoms in total. The molecule has 19 heavy (non-hydrogen) atoms. The van der Waals surface area contributed by atoms with E-state index in [2.05, 4.69) is 24.1 Å². The Hall–Kier alpha value is -0.130.